The third kappa shape index (κ3) is 14.0. The Labute approximate surface area is 237 Å². The van der Waals surface area contributed by atoms with Crippen molar-refractivity contribution >= 4 is 18.6 Å². The summed E-state index contributed by atoms with van der Waals surface area (Å²) >= 11 is 0. The van der Waals surface area contributed by atoms with Crippen LogP contribution in [0.15, 0.2) is 89.0 Å². The molecule has 1 aromatic heterocycles. The molecule has 1 rings (SSSR count). The fourth-order valence-corrected chi connectivity index (χ4v) is 3.23. The van der Waals surface area contributed by atoms with Crippen molar-refractivity contribution in [2.75, 3.05) is 32.9 Å². The largest absolute Gasteiger partial charge is 0.478 e. The summed E-state index contributed by atoms with van der Waals surface area (Å²) < 4.78 is 11.0. The smallest absolute Gasteiger partial charge is 0.335 e. The molecule has 10 nitrogen and oxygen atoms in total. The molecule has 216 valence electrons. The van der Waals surface area contributed by atoms with E-state index in [0.717, 1.165) is 25.9 Å². The molecular formula is C30H41N5O5. The maximum absolute atomic E-state index is 12.6. The van der Waals surface area contributed by atoms with E-state index in [9.17, 15) is 9.59 Å². The number of carboxylic acids is 1. The van der Waals surface area contributed by atoms with E-state index in [0.29, 0.717) is 24.7 Å². The highest BCUT2D eigenvalue weighted by Gasteiger charge is 2.10. The summed E-state index contributed by atoms with van der Waals surface area (Å²) in [5.74, 6) is -0.672. The molecule has 1 aromatic rings. The van der Waals surface area contributed by atoms with Gasteiger partial charge in [0.25, 0.3) is 5.91 Å². The van der Waals surface area contributed by atoms with E-state index in [1.807, 2.05) is 38.2 Å². The average Bonchev–Trinajstić information content (AvgIpc) is 2.95. The van der Waals surface area contributed by atoms with Crippen LogP contribution in [0.3, 0.4) is 0 Å². The maximum atomic E-state index is 12.6. The first-order valence-electron chi connectivity index (χ1n) is 13.1. The van der Waals surface area contributed by atoms with Crippen LogP contribution in [0.4, 0.5) is 0 Å². The molecule has 0 aromatic carbocycles. The van der Waals surface area contributed by atoms with Gasteiger partial charge in [0.1, 0.15) is 18.1 Å². The van der Waals surface area contributed by atoms with E-state index >= 15 is 0 Å². The molecule has 40 heavy (non-hydrogen) atoms. The van der Waals surface area contributed by atoms with E-state index in [1.54, 1.807) is 38.2 Å². The summed E-state index contributed by atoms with van der Waals surface area (Å²) in [4.78, 5) is 38.2. The molecule has 10 heteroatoms. The topological polar surface area (TPSA) is 126 Å². The lowest BCUT2D eigenvalue weighted by atomic mass is 10.2. The number of nitrogens with zero attached hydrogens (tertiary/aromatic N) is 4. The molecule has 0 aliphatic heterocycles. The predicted molar refractivity (Wildman–Crippen MR) is 158 cm³/mol. The van der Waals surface area contributed by atoms with Crippen LogP contribution in [0.1, 0.15) is 51.0 Å². The van der Waals surface area contributed by atoms with Crippen LogP contribution in [-0.2, 0) is 9.53 Å². The molecule has 0 spiro atoms. The first kappa shape index (κ1) is 33.7. The lowest BCUT2D eigenvalue weighted by Gasteiger charge is -2.22. The minimum Gasteiger partial charge on any atom is -0.478 e. The number of carbonyl (C=O) groups is 2. The van der Waals surface area contributed by atoms with Crippen LogP contribution in [-0.4, -0.2) is 71.5 Å². The SMILES string of the molecule is C=N/C(=C\C=C(/C)NC(=O)c1ccnc(OC/C=C\C=C/C)n1)N(CC)CCCCOC/C=C(\C=C/C)C(=O)O. The summed E-state index contributed by atoms with van der Waals surface area (Å²) in [6, 6.07) is 1.64. The van der Waals surface area contributed by atoms with Gasteiger partial charge in [-0.1, -0.05) is 30.4 Å². The number of carbonyl (C=O) groups excluding carboxylic acids is 1. The highest BCUT2D eigenvalue weighted by atomic mass is 16.5. The Morgan fingerprint density at radius 1 is 1.18 bits per heavy atom. The standard InChI is InChI=1S/C30H41N5O5/c1-6-9-10-12-22-40-30-32-19-17-26(34-30)28(36)33-24(4)15-16-27(31-5)35(8-3)20-11-13-21-39-23-18-25(14-7-2)29(37)38/h6-7,9-10,12,14-19H,5,8,11,13,20-23H2,1-4H3,(H,33,36)(H,37,38)/b9-6-,12-10-,14-7-,24-15+,25-18+,27-16+. The van der Waals surface area contributed by atoms with Gasteiger partial charge < -0.3 is 24.8 Å². The molecule has 0 aliphatic carbocycles. The van der Waals surface area contributed by atoms with Crippen molar-refractivity contribution in [1.82, 2.24) is 20.2 Å². The van der Waals surface area contributed by atoms with Crippen LogP contribution in [0.25, 0.3) is 0 Å². The Morgan fingerprint density at radius 3 is 2.65 bits per heavy atom. The minimum absolute atomic E-state index is 0.122. The number of carboxylic acid groups (broad SMARTS) is 1. The number of aliphatic carboxylic acids is 1. The predicted octanol–water partition coefficient (Wildman–Crippen LogP) is 4.87. The third-order valence-corrected chi connectivity index (χ3v) is 5.26. The Bertz CT molecular complexity index is 1140. The number of hydrogen-bond donors (Lipinski definition) is 2. The lowest BCUT2D eigenvalue weighted by molar-refractivity contribution is -0.132. The van der Waals surface area contributed by atoms with Crippen molar-refractivity contribution in [3.63, 3.8) is 0 Å². The van der Waals surface area contributed by atoms with Crippen LogP contribution < -0.4 is 10.1 Å². The van der Waals surface area contributed by atoms with E-state index in [1.165, 1.54) is 18.3 Å². The molecule has 0 bridgehead atoms. The molecule has 0 fully saturated rings. The molecule has 0 saturated carbocycles. The summed E-state index contributed by atoms with van der Waals surface area (Å²) in [5.41, 5.74) is 1.01. The summed E-state index contributed by atoms with van der Waals surface area (Å²) in [6.07, 6.45) is 18.9. The van der Waals surface area contributed by atoms with Crippen molar-refractivity contribution in [3.05, 3.63) is 89.7 Å². The van der Waals surface area contributed by atoms with Crippen LogP contribution in [0, 0.1) is 0 Å². The summed E-state index contributed by atoms with van der Waals surface area (Å²) in [7, 11) is 0. The number of amides is 1. The zero-order chi connectivity index (χ0) is 29.6. The monoisotopic (exact) mass is 551 g/mol. The van der Waals surface area contributed by atoms with Crippen LogP contribution in [0.2, 0.25) is 0 Å². The Balaban J connectivity index is 2.60. The molecular weight excluding hydrogens is 510 g/mol. The highest BCUT2D eigenvalue weighted by Crippen LogP contribution is 2.09. The zero-order valence-electron chi connectivity index (χ0n) is 23.9. The van der Waals surface area contributed by atoms with Gasteiger partial charge in [-0.05, 0) is 77.6 Å². The van der Waals surface area contributed by atoms with Gasteiger partial charge in [0, 0.05) is 31.6 Å². The average molecular weight is 552 g/mol. The second-order valence-electron chi connectivity index (χ2n) is 8.30. The van der Waals surface area contributed by atoms with Gasteiger partial charge in [-0.3, -0.25) is 4.79 Å². The second-order valence-corrected chi connectivity index (χ2v) is 8.30. The number of aliphatic imine (C=N–C) groups is 1. The maximum Gasteiger partial charge on any atom is 0.335 e. The first-order valence-corrected chi connectivity index (χ1v) is 13.1. The second kappa shape index (κ2) is 20.6. The number of rotatable bonds is 19. The first-order chi connectivity index (χ1) is 19.4. The summed E-state index contributed by atoms with van der Waals surface area (Å²) in [6.45, 7) is 13.7. The van der Waals surface area contributed by atoms with Gasteiger partial charge in [-0.25, -0.2) is 14.8 Å². The van der Waals surface area contributed by atoms with Crippen molar-refractivity contribution in [1.29, 1.82) is 0 Å². The normalized spacial score (nSPS) is 12.8. The quantitative estimate of drug-likeness (QED) is 0.108. The molecule has 0 unspecified atom stereocenters. The summed E-state index contributed by atoms with van der Waals surface area (Å²) in [5, 5.41) is 11.9. The Morgan fingerprint density at radius 2 is 1.98 bits per heavy atom. The fraction of sp³-hybridized carbons (Fsp3) is 0.367. The van der Waals surface area contributed by atoms with Crippen molar-refractivity contribution in [2.45, 2.75) is 40.5 Å². The van der Waals surface area contributed by atoms with Gasteiger partial charge in [-0.2, -0.15) is 4.98 Å². The van der Waals surface area contributed by atoms with Crippen LogP contribution in [0.5, 0.6) is 6.01 Å². The molecule has 0 radical (unpaired) electrons. The fourth-order valence-electron chi connectivity index (χ4n) is 3.23. The number of nitrogens with one attached hydrogen (secondary N) is 1. The van der Waals surface area contributed by atoms with Gasteiger partial charge in [0.05, 0.1) is 12.2 Å². The van der Waals surface area contributed by atoms with Gasteiger partial charge in [-0.15, -0.1) is 0 Å². The Kier molecular flexibility index (Phi) is 17.4. The molecule has 0 aliphatic rings. The van der Waals surface area contributed by atoms with Crippen molar-refractivity contribution in [3.8, 4) is 6.01 Å². The number of hydrogen-bond acceptors (Lipinski definition) is 8. The highest BCUT2D eigenvalue weighted by molar-refractivity contribution is 5.93. The lowest BCUT2D eigenvalue weighted by Crippen LogP contribution is -2.24. The van der Waals surface area contributed by atoms with Gasteiger partial charge in [0.15, 0.2) is 0 Å². The molecule has 1 heterocycles. The Hall–Kier alpha value is -4.31. The van der Waals surface area contributed by atoms with Crippen molar-refractivity contribution < 1.29 is 24.2 Å². The zero-order valence-corrected chi connectivity index (χ0v) is 23.9. The van der Waals surface area contributed by atoms with Crippen molar-refractivity contribution in [2.24, 2.45) is 4.99 Å². The van der Waals surface area contributed by atoms with Gasteiger partial charge in [0.2, 0.25) is 0 Å². The van der Waals surface area contributed by atoms with E-state index < -0.39 is 5.97 Å². The molecule has 0 saturated heterocycles. The molecule has 0 atom stereocenters. The molecule has 2 N–H and O–H groups in total. The number of ether oxygens (including phenoxy) is 2. The van der Waals surface area contributed by atoms with E-state index in [4.69, 9.17) is 14.6 Å². The molecule has 1 amide bonds. The number of allylic oxidation sites excluding steroid dienone is 7. The van der Waals surface area contributed by atoms with Crippen LogP contribution >= 0.6 is 0 Å². The van der Waals surface area contributed by atoms with E-state index in [-0.39, 0.29) is 29.8 Å². The third-order valence-electron chi connectivity index (χ3n) is 5.26. The number of aromatic nitrogens is 2. The van der Waals surface area contributed by atoms with Gasteiger partial charge >= 0.3 is 12.0 Å². The van der Waals surface area contributed by atoms with E-state index in [2.05, 4.69) is 31.9 Å². The minimum atomic E-state index is -0.974. The number of unbranched alkanes of at least 4 members (excludes halogenated alkanes) is 1.